The third kappa shape index (κ3) is 2.92. The van der Waals surface area contributed by atoms with E-state index in [1.807, 2.05) is 13.8 Å². The number of aromatic nitrogens is 1. The van der Waals surface area contributed by atoms with Crippen LogP contribution in [0.2, 0.25) is 0 Å². The highest BCUT2D eigenvalue weighted by molar-refractivity contribution is 7.16. The van der Waals surface area contributed by atoms with Gasteiger partial charge in [-0.25, -0.2) is 9.78 Å². The highest BCUT2D eigenvalue weighted by atomic mass is 32.1. The van der Waals surface area contributed by atoms with Crippen molar-refractivity contribution in [1.29, 1.82) is 0 Å². The molecule has 0 aliphatic rings. The van der Waals surface area contributed by atoms with Crippen LogP contribution in [-0.4, -0.2) is 22.6 Å². The molecule has 0 unspecified atom stereocenters. The summed E-state index contributed by atoms with van der Waals surface area (Å²) in [6.45, 7) is 6.83. The Morgan fingerprint density at radius 3 is 2.67 bits per heavy atom. The van der Waals surface area contributed by atoms with Gasteiger partial charge >= 0.3 is 5.97 Å². The molecule has 1 aromatic heterocycles. The third-order valence-corrected chi connectivity index (χ3v) is 3.22. The molecular formula is C10H16N2O2S. The average Bonchev–Trinajstić information content (AvgIpc) is 2.58. The SMILES string of the molecule is CCCNc1nc(C(=O)O)c(C(C)C)s1. The number of hydrogen-bond acceptors (Lipinski definition) is 4. The second-order valence-corrected chi connectivity index (χ2v) is 4.65. The Hall–Kier alpha value is -1.10. The molecule has 0 aliphatic carbocycles. The van der Waals surface area contributed by atoms with E-state index in [1.54, 1.807) is 0 Å². The van der Waals surface area contributed by atoms with Gasteiger partial charge in [0.1, 0.15) is 0 Å². The Morgan fingerprint density at radius 1 is 1.60 bits per heavy atom. The van der Waals surface area contributed by atoms with E-state index in [0.717, 1.165) is 17.8 Å². The van der Waals surface area contributed by atoms with Gasteiger partial charge in [-0.3, -0.25) is 0 Å². The van der Waals surface area contributed by atoms with E-state index in [0.29, 0.717) is 5.13 Å². The molecule has 1 aromatic rings. The van der Waals surface area contributed by atoms with Crippen LogP contribution in [0.15, 0.2) is 0 Å². The fourth-order valence-corrected chi connectivity index (χ4v) is 2.17. The molecule has 0 atom stereocenters. The monoisotopic (exact) mass is 228 g/mol. The normalized spacial score (nSPS) is 10.7. The maximum absolute atomic E-state index is 10.9. The fraction of sp³-hybridized carbons (Fsp3) is 0.600. The summed E-state index contributed by atoms with van der Waals surface area (Å²) < 4.78 is 0. The summed E-state index contributed by atoms with van der Waals surface area (Å²) in [5.41, 5.74) is 0.189. The molecule has 0 saturated carbocycles. The van der Waals surface area contributed by atoms with Crippen molar-refractivity contribution in [2.24, 2.45) is 0 Å². The molecule has 4 nitrogen and oxygen atoms in total. The Morgan fingerprint density at radius 2 is 2.27 bits per heavy atom. The van der Waals surface area contributed by atoms with Gasteiger partial charge in [-0.2, -0.15) is 0 Å². The van der Waals surface area contributed by atoms with Crippen molar-refractivity contribution in [3.05, 3.63) is 10.6 Å². The molecule has 0 spiro atoms. The van der Waals surface area contributed by atoms with Crippen LogP contribution in [0.5, 0.6) is 0 Å². The summed E-state index contributed by atoms with van der Waals surface area (Å²) in [6.07, 6.45) is 0.999. The summed E-state index contributed by atoms with van der Waals surface area (Å²) in [7, 11) is 0. The van der Waals surface area contributed by atoms with Gasteiger partial charge in [-0.05, 0) is 12.3 Å². The van der Waals surface area contributed by atoms with Crippen LogP contribution in [-0.2, 0) is 0 Å². The van der Waals surface area contributed by atoms with Gasteiger partial charge < -0.3 is 10.4 Å². The summed E-state index contributed by atoms with van der Waals surface area (Å²) in [5.74, 6) is -0.745. The highest BCUT2D eigenvalue weighted by Gasteiger charge is 2.19. The molecule has 0 aromatic carbocycles. The van der Waals surface area contributed by atoms with Gasteiger partial charge in [-0.1, -0.05) is 20.8 Å². The van der Waals surface area contributed by atoms with E-state index in [2.05, 4.69) is 17.2 Å². The van der Waals surface area contributed by atoms with Crippen LogP contribution < -0.4 is 5.32 Å². The second kappa shape index (κ2) is 5.11. The van der Waals surface area contributed by atoms with Crippen molar-refractivity contribution in [1.82, 2.24) is 4.98 Å². The van der Waals surface area contributed by atoms with Crippen molar-refractivity contribution in [2.75, 3.05) is 11.9 Å². The summed E-state index contributed by atoms with van der Waals surface area (Å²) in [6, 6.07) is 0. The summed E-state index contributed by atoms with van der Waals surface area (Å²) >= 11 is 1.43. The minimum absolute atomic E-state index is 0.189. The number of nitrogens with zero attached hydrogens (tertiary/aromatic N) is 1. The third-order valence-electron chi connectivity index (χ3n) is 1.91. The number of nitrogens with one attached hydrogen (secondary N) is 1. The largest absolute Gasteiger partial charge is 0.476 e. The molecule has 0 amide bonds. The summed E-state index contributed by atoms with van der Waals surface area (Å²) in [4.78, 5) is 15.8. The van der Waals surface area contributed by atoms with Gasteiger partial charge in [0.25, 0.3) is 0 Å². The average molecular weight is 228 g/mol. The molecule has 5 heteroatoms. The predicted molar refractivity (Wildman–Crippen MR) is 61.9 cm³/mol. The van der Waals surface area contributed by atoms with E-state index in [1.165, 1.54) is 11.3 Å². The highest BCUT2D eigenvalue weighted by Crippen LogP contribution is 2.29. The molecular weight excluding hydrogens is 212 g/mol. The maximum Gasteiger partial charge on any atom is 0.355 e. The first kappa shape index (κ1) is 12.0. The van der Waals surface area contributed by atoms with Crippen molar-refractivity contribution >= 4 is 22.4 Å². The number of thiazole rings is 1. The number of aromatic carboxylic acids is 1. The van der Waals surface area contributed by atoms with Gasteiger partial charge in [0, 0.05) is 11.4 Å². The lowest BCUT2D eigenvalue weighted by molar-refractivity contribution is 0.0690. The van der Waals surface area contributed by atoms with Crippen molar-refractivity contribution in [3.63, 3.8) is 0 Å². The first-order valence-corrected chi connectivity index (χ1v) is 5.85. The molecule has 15 heavy (non-hydrogen) atoms. The number of anilines is 1. The lowest BCUT2D eigenvalue weighted by Gasteiger charge is -2.00. The lowest BCUT2D eigenvalue weighted by atomic mass is 10.1. The van der Waals surface area contributed by atoms with Gasteiger partial charge in [0.2, 0.25) is 0 Å². The zero-order valence-electron chi connectivity index (χ0n) is 9.20. The van der Waals surface area contributed by atoms with Crippen LogP contribution in [0.25, 0.3) is 0 Å². The first-order chi connectivity index (χ1) is 7.06. The van der Waals surface area contributed by atoms with Crippen molar-refractivity contribution < 1.29 is 9.90 Å². The zero-order valence-corrected chi connectivity index (χ0v) is 10.0. The van der Waals surface area contributed by atoms with Crippen LogP contribution in [0.1, 0.15) is 48.5 Å². The number of hydrogen-bond donors (Lipinski definition) is 2. The molecule has 0 fully saturated rings. The van der Waals surface area contributed by atoms with Crippen molar-refractivity contribution in [3.8, 4) is 0 Å². The van der Waals surface area contributed by atoms with E-state index < -0.39 is 5.97 Å². The number of carboxylic acids is 1. The first-order valence-electron chi connectivity index (χ1n) is 5.04. The standard InChI is InChI=1S/C10H16N2O2S/c1-4-5-11-10-12-7(9(13)14)8(15-10)6(2)3/h6H,4-5H2,1-3H3,(H,11,12)(H,13,14). The Bertz CT molecular complexity index is 347. The van der Waals surface area contributed by atoms with Gasteiger partial charge in [-0.15, -0.1) is 11.3 Å². The van der Waals surface area contributed by atoms with E-state index in [-0.39, 0.29) is 11.6 Å². The number of carbonyl (C=O) groups is 1. The molecule has 84 valence electrons. The van der Waals surface area contributed by atoms with Crippen LogP contribution in [0.3, 0.4) is 0 Å². The molecule has 0 saturated heterocycles. The zero-order chi connectivity index (χ0) is 11.4. The Kier molecular flexibility index (Phi) is 4.08. The van der Waals surface area contributed by atoms with E-state index in [4.69, 9.17) is 5.11 Å². The van der Waals surface area contributed by atoms with Gasteiger partial charge in [0.15, 0.2) is 10.8 Å². The topological polar surface area (TPSA) is 62.2 Å². The quantitative estimate of drug-likeness (QED) is 0.813. The lowest BCUT2D eigenvalue weighted by Crippen LogP contribution is -2.03. The van der Waals surface area contributed by atoms with Gasteiger partial charge in [0.05, 0.1) is 0 Å². The van der Waals surface area contributed by atoms with Crippen LogP contribution in [0.4, 0.5) is 5.13 Å². The second-order valence-electron chi connectivity index (χ2n) is 3.62. The fourth-order valence-electron chi connectivity index (χ4n) is 1.18. The molecule has 0 aliphatic heterocycles. The van der Waals surface area contributed by atoms with E-state index in [9.17, 15) is 4.79 Å². The molecule has 1 rings (SSSR count). The predicted octanol–water partition coefficient (Wildman–Crippen LogP) is 2.79. The molecule has 0 bridgehead atoms. The number of carboxylic acid groups (broad SMARTS) is 1. The maximum atomic E-state index is 10.9. The smallest absolute Gasteiger partial charge is 0.355 e. The minimum atomic E-state index is -0.945. The Labute approximate surface area is 93.4 Å². The molecule has 0 radical (unpaired) electrons. The minimum Gasteiger partial charge on any atom is -0.476 e. The van der Waals surface area contributed by atoms with Crippen LogP contribution >= 0.6 is 11.3 Å². The molecule has 2 N–H and O–H groups in total. The number of rotatable bonds is 5. The summed E-state index contributed by atoms with van der Waals surface area (Å²) in [5, 5.41) is 12.8. The van der Waals surface area contributed by atoms with Crippen molar-refractivity contribution in [2.45, 2.75) is 33.1 Å². The van der Waals surface area contributed by atoms with E-state index >= 15 is 0 Å². The Balaban J connectivity index is 2.93. The van der Waals surface area contributed by atoms with Crippen LogP contribution in [0, 0.1) is 0 Å². The molecule has 1 heterocycles.